The minimum Gasteiger partial charge on any atom is -0.306 e. The molecular formula is C22H18F3N3OS. The smallest absolute Gasteiger partial charge is 0.306 e. The van der Waals surface area contributed by atoms with Gasteiger partial charge in [0.2, 0.25) is 0 Å². The molecule has 0 aliphatic carbocycles. The van der Waals surface area contributed by atoms with Crippen LogP contribution in [0.4, 0.5) is 29.3 Å². The molecule has 2 amide bonds. The third-order valence-electron chi connectivity index (χ3n) is 4.94. The highest BCUT2D eigenvalue weighted by Gasteiger charge is 2.36. The van der Waals surface area contributed by atoms with Crippen LogP contribution in [0.3, 0.4) is 0 Å². The Hall–Kier alpha value is -3.00. The predicted octanol–water partition coefficient (Wildman–Crippen LogP) is 6.08. The summed E-state index contributed by atoms with van der Waals surface area (Å²) in [5.41, 5.74) is 2.57. The number of halogens is 3. The van der Waals surface area contributed by atoms with E-state index in [0.717, 1.165) is 34.5 Å². The Morgan fingerprint density at radius 1 is 1.10 bits per heavy atom. The maximum absolute atomic E-state index is 13.4. The first-order chi connectivity index (χ1) is 14.4. The van der Waals surface area contributed by atoms with Crippen LogP contribution in [0.15, 0.2) is 65.8 Å². The Kier molecular flexibility index (Phi) is 5.42. The monoisotopic (exact) mass is 429 g/mol. The number of pyridine rings is 1. The lowest BCUT2D eigenvalue weighted by molar-refractivity contribution is -0.139. The average molecular weight is 429 g/mol. The van der Waals surface area contributed by atoms with E-state index in [0.29, 0.717) is 24.3 Å². The number of benzene rings is 2. The number of thioether (sulfide) groups is 1. The Balaban J connectivity index is 1.60. The molecule has 1 aliphatic heterocycles. The second-order valence-electron chi connectivity index (χ2n) is 6.84. The van der Waals surface area contributed by atoms with Gasteiger partial charge in [-0.05, 0) is 42.0 Å². The first-order valence-corrected chi connectivity index (χ1v) is 10.5. The molecule has 2 heterocycles. The summed E-state index contributed by atoms with van der Waals surface area (Å²) in [5.74, 6) is 0. The molecule has 0 bridgehead atoms. The van der Waals surface area contributed by atoms with Crippen LogP contribution in [-0.4, -0.2) is 23.8 Å². The van der Waals surface area contributed by atoms with Gasteiger partial charge in [0.15, 0.2) is 0 Å². The second-order valence-corrected chi connectivity index (χ2v) is 7.69. The van der Waals surface area contributed by atoms with E-state index >= 15 is 0 Å². The highest BCUT2D eigenvalue weighted by atomic mass is 32.2. The van der Waals surface area contributed by atoms with Gasteiger partial charge in [-0.25, -0.2) is 4.79 Å². The van der Waals surface area contributed by atoms with E-state index in [-0.39, 0.29) is 4.90 Å². The van der Waals surface area contributed by atoms with E-state index in [1.165, 1.54) is 17.2 Å². The van der Waals surface area contributed by atoms with Crippen molar-refractivity contribution in [1.82, 2.24) is 4.98 Å². The lowest BCUT2D eigenvalue weighted by Gasteiger charge is -2.20. The fourth-order valence-electron chi connectivity index (χ4n) is 3.50. The van der Waals surface area contributed by atoms with Crippen LogP contribution in [0.5, 0.6) is 0 Å². The summed E-state index contributed by atoms with van der Waals surface area (Å²) in [5, 5.41) is 2.76. The zero-order chi connectivity index (χ0) is 21.3. The molecule has 1 aliphatic rings. The number of anilines is 2. The molecule has 1 N–H and O–H groups in total. The van der Waals surface area contributed by atoms with Gasteiger partial charge in [-0.1, -0.05) is 30.3 Å². The van der Waals surface area contributed by atoms with Gasteiger partial charge in [0.25, 0.3) is 0 Å². The van der Waals surface area contributed by atoms with E-state index < -0.39 is 17.8 Å². The van der Waals surface area contributed by atoms with Crippen LogP contribution in [-0.2, 0) is 12.6 Å². The van der Waals surface area contributed by atoms with Crippen LogP contribution in [0.2, 0.25) is 0 Å². The number of fused-ring (bicyclic) bond motifs is 1. The van der Waals surface area contributed by atoms with E-state index in [2.05, 4.69) is 10.3 Å². The Morgan fingerprint density at radius 3 is 2.57 bits per heavy atom. The first-order valence-electron chi connectivity index (χ1n) is 9.24. The van der Waals surface area contributed by atoms with Crippen molar-refractivity contribution in [3.05, 3.63) is 72.1 Å². The third kappa shape index (κ3) is 4.00. The summed E-state index contributed by atoms with van der Waals surface area (Å²) >= 11 is 1.05. The average Bonchev–Trinajstić information content (AvgIpc) is 3.16. The van der Waals surface area contributed by atoms with Crippen molar-refractivity contribution in [3.63, 3.8) is 0 Å². The number of hydrogen-bond donors (Lipinski definition) is 1. The number of amides is 2. The maximum Gasteiger partial charge on any atom is 0.417 e. The number of carbonyl (C=O) groups excluding carboxylic acids is 1. The number of nitrogens with one attached hydrogen (secondary N) is 1. The Labute approximate surface area is 176 Å². The van der Waals surface area contributed by atoms with Crippen molar-refractivity contribution in [2.45, 2.75) is 17.5 Å². The molecule has 1 aromatic heterocycles. The molecule has 30 heavy (non-hydrogen) atoms. The standard InChI is InChI=1S/C22H18F3N3OS/c1-30-20-10-15-7-8-28(19(15)11-18(20)22(23,24)25)21(29)27-17-9-16(12-26-13-17)14-5-3-2-4-6-14/h2-6,9-13H,7-8H2,1H3,(H,27,29). The van der Waals surface area contributed by atoms with Gasteiger partial charge in [0.05, 0.1) is 17.4 Å². The van der Waals surface area contributed by atoms with Gasteiger partial charge in [0, 0.05) is 28.9 Å². The summed E-state index contributed by atoms with van der Waals surface area (Å²) in [6, 6.07) is 13.5. The van der Waals surface area contributed by atoms with Gasteiger partial charge in [-0.15, -0.1) is 11.8 Å². The van der Waals surface area contributed by atoms with Crippen molar-refractivity contribution in [2.75, 3.05) is 23.0 Å². The fourth-order valence-corrected chi connectivity index (χ4v) is 4.16. The van der Waals surface area contributed by atoms with Gasteiger partial charge >= 0.3 is 12.2 Å². The highest BCUT2D eigenvalue weighted by Crippen LogP contribution is 2.42. The van der Waals surface area contributed by atoms with E-state index in [9.17, 15) is 18.0 Å². The first kappa shape index (κ1) is 20.3. The molecule has 0 saturated heterocycles. The van der Waals surface area contributed by atoms with Crippen LogP contribution in [0, 0.1) is 0 Å². The number of rotatable bonds is 3. The fraction of sp³-hybridized carbons (Fsp3) is 0.182. The molecule has 154 valence electrons. The number of nitrogens with zero attached hydrogens (tertiary/aromatic N) is 2. The van der Waals surface area contributed by atoms with Crippen molar-refractivity contribution < 1.29 is 18.0 Å². The van der Waals surface area contributed by atoms with E-state index in [4.69, 9.17) is 0 Å². The summed E-state index contributed by atoms with van der Waals surface area (Å²) in [4.78, 5) is 18.5. The molecule has 0 saturated carbocycles. The highest BCUT2D eigenvalue weighted by molar-refractivity contribution is 7.98. The zero-order valence-corrected chi connectivity index (χ0v) is 16.8. The van der Waals surface area contributed by atoms with Crippen LogP contribution < -0.4 is 10.2 Å². The molecule has 4 rings (SSSR count). The van der Waals surface area contributed by atoms with Gasteiger partial charge in [-0.3, -0.25) is 9.88 Å². The maximum atomic E-state index is 13.4. The molecular weight excluding hydrogens is 411 g/mol. The van der Waals surface area contributed by atoms with Gasteiger partial charge < -0.3 is 5.32 Å². The van der Waals surface area contributed by atoms with Crippen molar-refractivity contribution >= 4 is 29.2 Å². The van der Waals surface area contributed by atoms with Crippen molar-refractivity contribution in [1.29, 1.82) is 0 Å². The molecule has 0 spiro atoms. The number of carbonyl (C=O) groups is 1. The summed E-state index contributed by atoms with van der Waals surface area (Å²) in [6.45, 7) is 0.322. The zero-order valence-electron chi connectivity index (χ0n) is 16.0. The van der Waals surface area contributed by atoms with Crippen LogP contribution >= 0.6 is 11.8 Å². The van der Waals surface area contributed by atoms with Gasteiger partial charge in [0.1, 0.15) is 0 Å². The molecule has 8 heteroatoms. The normalized spacial score (nSPS) is 13.3. The van der Waals surface area contributed by atoms with Crippen LogP contribution in [0.25, 0.3) is 11.1 Å². The van der Waals surface area contributed by atoms with E-state index in [1.54, 1.807) is 18.5 Å². The minimum absolute atomic E-state index is 0.170. The summed E-state index contributed by atoms with van der Waals surface area (Å²) in [7, 11) is 0. The lowest BCUT2D eigenvalue weighted by atomic mass is 10.1. The topological polar surface area (TPSA) is 45.2 Å². The molecule has 3 aromatic rings. The lowest BCUT2D eigenvalue weighted by Crippen LogP contribution is -2.33. The second kappa shape index (κ2) is 8.02. The van der Waals surface area contributed by atoms with Crippen molar-refractivity contribution in [3.8, 4) is 11.1 Å². The minimum atomic E-state index is -4.48. The molecule has 0 unspecified atom stereocenters. The molecule has 0 fully saturated rings. The quantitative estimate of drug-likeness (QED) is 0.513. The Morgan fingerprint density at radius 2 is 1.87 bits per heavy atom. The van der Waals surface area contributed by atoms with Crippen molar-refractivity contribution in [2.24, 2.45) is 0 Å². The molecule has 0 radical (unpaired) electrons. The molecule has 0 atom stereocenters. The number of hydrogen-bond acceptors (Lipinski definition) is 3. The number of alkyl halides is 3. The largest absolute Gasteiger partial charge is 0.417 e. The van der Waals surface area contributed by atoms with Gasteiger partial charge in [-0.2, -0.15) is 13.2 Å². The van der Waals surface area contributed by atoms with Crippen LogP contribution in [0.1, 0.15) is 11.1 Å². The summed E-state index contributed by atoms with van der Waals surface area (Å²) in [6.07, 6.45) is 0.848. The predicted molar refractivity (Wildman–Crippen MR) is 113 cm³/mol. The SMILES string of the molecule is CSc1cc2c(cc1C(F)(F)F)N(C(=O)Nc1cncc(-c3ccccc3)c1)CC2. The molecule has 2 aromatic carbocycles. The van der Waals surface area contributed by atoms with E-state index in [1.807, 2.05) is 30.3 Å². The summed E-state index contributed by atoms with van der Waals surface area (Å²) < 4.78 is 40.3. The molecule has 4 nitrogen and oxygen atoms in total. The third-order valence-corrected chi connectivity index (χ3v) is 5.72. The Bertz CT molecular complexity index is 1090. The number of urea groups is 1. The number of aromatic nitrogens is 1.